The number of halogens is 3. The molecule has 0 aromatic carbocycles. The standard InChI is InChI=1S/C5H7Cl3/c1-2-3-4-5(6,7)8/h4H,1-3H2. The van der Waals surface area contributed by atoms with Gasteiger partial charge in [-0.1, -0.05) is 48.1 Å². The van der Waals surface area contributed by atoms with Gasteiger partial charge in [0.1, 0.15) is 0 Å². The van der Waals surface area contributed by atoms with E-state index in [2.05, 4.69) is 6.92 Å². The molecule has 0 saturated heterocycles. The molecule has 0 aliphatic carbocycles. The van der Waals surface area contributed by atoms with Crippen molar-refractivity contribution in [3.05, 3.63) is 13.3 Å². The first-order chi connectivity index (χ1) is 3.56. The van der Waals surface area contributed by atoms with E-state index < -0.39 is 3.79 Å². The van der Waals surface area contributed by atoms with Crippen molar-refractivity contribution in [3.63, 3.8) is 0 Å². The number of unbranched alkanes of at least 4 members (excludes halogenated alkanes) is 1. The van der Waals surface area contributed by atoms with Crippen LogP contribution >= 0.6 is 34.8 Å². The minimum Gasteiger partial charge on any atom is -0.0834 e. The first-order valence-corrected chi connectivity index (χ1v) is 3.40. The first-order valence-electron chi connectivity index (χ1n) is 2.26. The van der Waals surface area contributed by atoms with Gasteiger partial charge in [0, 0.05) is 6.42 Å². The van der Waals surface area contributed by atoms with E-state index in [1.807, 2.05) is 0 Å². The van der Waals surface area contributed by atoms with Crippen LogP contribution in [0.4, 0.5) is 0 Å². The summed E-state index contributed by atoms with van der Waals surface area (Å²) >= 11 is 16.1. The van der Waals surface area contributed by atoms with Crippen molar-refractivity contribution in [2.24, 2.45) is 0 Å². The van der Waals surface area contributed by atoms with Crippen LogP contribution < -0.4 is 0 Å². The quantitative estimate of drug-likeness (QED) is 0.563. The van der Waals surface area contributed by atoms with E-state index in [4.69, 9.17) is 34.8 Å². The Morgan fingerprint density at radius 1 is 1.38 bits per heavy atom. The molecule has 0 spiro atoms. The number of hydrogen-bond acceptors (Lipinski definition) is 0. The lowest BCUT2D eigenvalue weighted by atomic mass is 10.3. The molecule has 0 N–H and O–H groups in total. The molecule has 48 valence electrons. The molecule has 0 bridgehead atoms. The predicted molar refractivity (Wildman–Crippen MR) is 39.2 cm³/mol. The van der Waals surface area contributed by atoms with E-state index >= 15 is 0 Å². The van der Waals surface area contributed by atoms with Crippen LogP contribution in [0.3, 0.4) is 0 Å². The molecule has 0 aliphatic rings. The molecule has 0 unspecified atom stereocenters. The topological polar surface area (TPSA) is 0 Å². The maximum Gasteiger partial charge on any atom is 0.193 e. The third kappa shape index (κ3) is 6.87. The molecule has 0 fully saturated rings. The van der Waals surface area contributed by atoms with Crippen molar-refractivity contribution >= 4 is 34.8 Å². The van der Waals surface area contributed by atoms with Gasteiger partial charge in [0.25, 0.3) is 0 Å². The molecule has 0 nitrogen and oxygen atoms in total. The van der Waals surface area contributed by atoms with Crippen molar-refractivity contribution in [1.82, 2.24) is 0 Å². The normalized spacial score (nSPS) is 12.0. The first kappa shape index (κ1) is 8.87. The van der Waals surface area contributed by atoms with E-state index in [1.54, 1.807) is 6.42 Å². The lowest BCUT2D eigenvalue weighted by molar-refractivity contribution is 0.937. The zero-order valence-electron chi connectivity index (χ0n) is 4.33. The highest BCUT2D eigenvalue weighted by Gasteiger charge is 2.17. The van der Waals surface area contributed by atoms with Gasteiger partial charge in [-0.25, -0.2) is 0 Å². The molecule has 0 amide bonds. The highest BCUT2D eigenvalue weighted by Crippen LogP contribution is 2.30. The molecule has 0 saturated carbocycles. The summed E-state index contributed by atoms with van der Waals surface area (Å²) < 4.78 is -1.20. The van der Waals surface area contributed by atoms with Gasteiger partial charge in [-0.3, -0.25) is 0 Å². The molecule has 8 heavy (non-hydrogen) atoms. The highest BCUT2D eigenvalue weighted by atomic mass is 35.6. The van der Waals surface area contributed by atoms with Crippen LogP contribution in [0.25, 0.3) is 0 Å². The number of rotatable bonds is 2. The second kappa shape index (κ2) is 3.81. The average molecular weight is 173 g/mol. The van der Waals surface area contributed by atoms with Gasteiger partial charge in [-0.15, -0.1) is 0 Å². The zero-order chi connectivity index (χ0) is 6.62. The Labute approximate surface area is 65.1 Å². The van der Waals surface area contributed by atoms with Crippen LogP contribution in [0, 0.1) is 13.3 Å². The molecule has 0 rings (SSSR count). The summed E-state index contributed by atoms with van der Waals surface area (Å²) in [5, 5.41) is 0. The van der Waals surface area contributed by atoms with Crippen LogP contribution in [0.1, 0.15) is 12.8 Å². The summed E-state index contributed by atoms with van der Waals surface area (Å²) in [5.41, 5.74) is 0. The van der Waals surface area contributed by atoms with Crippen LogP contribution in [0.5, 0.6) is 0 Å². The van der Waals surface area contributed by atoms with E-state index in [1.165, 1.54) is 0 Å². The fourth-order valence-electron chi connectivity index (χ4n) is 0.266. The SMILES string of the molecule is [CH2]CC[CH]C(Cl)(Cl)Cl. The summed E-state index contributed by atoms with van der Waals surface area (Å²) in [6.07, 6.45) is 3.12. The Kier molecular flexibility index (Phi) is 4.23. The molecule has 0 aromatic rings. The Balaban J connectivity index is 3.11. The minimum atomic E-state index is -1.20. The Morgan fingerprint density at radius 3 is 2.00 bits per heavy atom. The molecule has 0 aliphatic heterocycles. The highest BCUT2D eigenvalue weighted by molar-refractivity contribution is 6.68. The largest absolute Gasteiger partial charge is 0.193 e. The molecule has 0 heterocycles. The third-order valence-electron chi connectivity index (χ3n) is 0.580. The fraction of sp³-hybridized carbons (Fsp3) is 0.600. The number of alkyl halides is 3. The summed E-state index contributed by atoms with van der Waals surface area (Å²) in [7, 11) is 0. The van der Waals surface area contributed by atoms with E-state index in [0.717, 1.165) is 12.8 Å². The maximum absolute atomic E-state index is 5.36. The van der Waals surface area contributed by atoms with Gasteiger partial charge < -0.3 is 0 Å². The second-order valence-corrected chi connectivity index (χ2v) is 3.76. The van der Waals surface area contributed by atoms with Gasteiger partial charge in [0.05, 0.1) is 0 Å². The van der Waals surface area contributed by atoms with Gasteiger partial charge in [0.2, 0.25) is 0 Å². The van der Waals surface area contributed by atoms with Crippen molar-refractivity contribution in [1.29, 1.82) is 0 Å². The van der Waals surface area contributed by atoms with Gasteiger partial charge in [-0.05, 0) is 6.42 Å². The zero-order valence-corrected chi connectivity index (χ0v) is 6.60. The predicted octanol–water partition coefficient (Wildman–Crippen LogP) is 3.18. The Bertz CT molecular complexity index is 55.2. The summed E-state index contributed by atoms with van der Waals surface area (Å²) in [6, 6.07) is 0. The van der Waals surface area contributed by atoms with E-state index in [-0.39, 0.29) is 0 Å². The Hall–Kier alpha value is 0.870. The van der Waals surface area contributed by atoms with Crippen molar-refractivity contribution in [2.45, 2.75) is 16.6 Å². The monoisotopic (exact) mass is 172 g/mol. The maximum atomic E-state index is 5.36. The van der Waals surface area contributed by atoms with Crippen LogP contribution in [-0.4, -0.2) is 3.79 Å². The molecule has 0 atom stereocenters. The van der Waals surface area contributed by atoms with E-state index in [9.17, 15) is 0 Å². The van der Waals surface area contributed by atoms with Gasteiger partial charge in [0.15, 0.2) is 3.79 Å². The summed E-state index contributed by atoms with van der Waals surface area (Å²) in [5.74, 6) is 0. The van der Waals surface area contributed by atoms with Crippen molar-refractivity contribution in [2.75, 3.05) is 0 Å². The third-order valence-corrected chi connectivity index (χ3v) is 1.04. The summed E-state index contributed by atoms with van der Waals surface area (Å²) in [4.78, 5) is 0. The molecular weight excluding hydrogens is 166 g/mol. The second-order valence-electron chi connectivity index (χ2n) is 1.39. The van der Waals surface area contributed by atoms with Gasteiger partial charge in [-0.2, -0.15) is 0 Å². The molecule has 0 aromatic heterocycles. The van der Waals surface area contributed by atoms with E-state index in [0.29, 0.717) is 0 Å². The lowest BCUT2D eigenvalue weighted by Crippen LogP contribution is -2.01. The summed E-state index contributed by atoms with van der Waals surface area (Å²) in [6.45, 7) is 3.58. The fourth-order valence-corrected chi connectivity index (χ4v) is 0.593. The average Bonchev–Trinajstić information content (AvgIpc) is 1.59. The Morgan fingerprint density at radius 2 is 1.88 bits per heavy atom. The van der Waals surface area contributed by atoms with Crippen LogP contribution in [-0.2, 0) is 0 Å². The minimum absolute atomic E-state index is 0.747. The molecule has 3 heteroatoms. The molecule has 2 radical (unpaired) electrons. The smallest absolute Gasteiger partial charge is 0.0834 e. The van der Waals surface area contributed by atoms with Crippen LogP contribution in [0.15, 0.2) is 0 Å². The molecular formula is C5H7Cl3. The van der Waals surface area contributed by atoms with Crippen LogP contribution in [0.2, 0.25) is 0 Å². The van der Waals surface area contributed by atoms with Gasteiger partial charge >= 0.3 is 0 Å². The lowest BCUT2D eigenvalue weighted by Gasteiger charge is -2.06. The number of hydrogen-bond donors (Lipinski definition) is 0. The van der Waals surface area contributed by atoms with Crippen molar-refractivity contribution < 1.29 is 0 Å². The van der Waals surface area contributed by atoms with Crippen molar-refractivity contribution in [3.8, 4) is 0 Å².